The van der Waals surface area contributed by atoms with Gasteiger partial charge in [0.15, 0.2) is 0 Å². The molecule has 3 rings (SSSR count). The van der Waals surface area contributed by atoms with E-state index < -0.39 is 10.8 Å². The fourth-order valence-electron chi connectivity index (χ4n) is 2.51. The summed E-state index contributed by atoms with van der Waals surface area (Å²) in [6.45, 7) is 2.51. The van der Waals surface area contributed by atoms with Crippen LogP contribution in [0.2, 0.25) is 5.02 Å². The molecule has 8 heteroatoms. The summed E-state index contributed by atoms with van der Waals surface area (Å²) in [7, 11) is 0. The third kappa shape index (κ3) is 5.24. The zero-order chi connectivity index (χ0) is 20.8. The number of ether oxygens (including phenoxy) is 2. The molecule has 1 N–H and O–H groups in total. The lowest BCUT2D eigenvalue weighted by Gasteiger charge is -2.09. The molecule has 148 valence electrons. The number of non-ortho nitro benzene ring substituents is 1. The lowest BCUT2D eigenvalue weighted by atomic mass is 10.2. The summed E-state index contributed by atoms with van der Waals surface area (Å²) in [5, 5.41) is 13.7. The van der Waals surface area contributed by atoms with Crippen molar-refractivity contribution in [2.24, 2.45) is 0 Å². The number of amides is 1. The van der Waals surface area contributed by atoms with Crippen molar-refractivity contribution in [1.82, 2.24) is 0 Å². The molecule has 0 aliphatic heterocycles. The van der Waals surface area contributed by atoms with E-state index in [9.17, 15) is 14.9 Å². The largest absolute Gasteiger partial charge is 0.494 e. The molecule has 0 heterocycles. The van der Waals surface area contributed by atoms with Crippen molar-refractivity contribution in [3.8, 4) is 17.2 Å². The lowest BCUT2D eigenvalue weighted by Crippen LogP contribution is -2.12. The average Bonchev–Trinajstić information content (AvgIpc) is 2.71. The van der Waals surface area contributed by atoms with Crippen LogP contribution in [0.15, 0.2) is 66.7 Å². The molecule has 0 spiro atoms. The first-order chi connectivity index (χ1) is 14.0. The molecule has 0 radical (unpaired) electrons. The van der Waals surface area contributed by atoms with Crippen molar-refractivity contribution in [1.29, 1.82) is 0 Å². The van der Waals surface area contributed by atoms with Crippen LogP contribution in [0.4, 0.5) is 11.4 Å². The molecule has 0 aliphatic carbocycles. The zero-order valence-electron chi connectivity index (χ0n) is 15.4. The van der Waals surface area contributed by atoms with Crippen molar-refractivity contribution < 1.29 is 19.2 Å². The van der Waals surface area contributed by atoms with Gasteiger partial charge in [0, 0.05) is 17.8 Å². The highest BCUT2D eigenvalue weighted by Crippen LogP contribution is 2.26. The molecule has 29 heavy (non-hydrogen) atoms. The van der Waals surface area contributed by atoms with E-state index in [1.54, 1.807) is 36.4 Å². The molecule has 3 aromatic rings. The predicted octanol–water partition coefficient (Wildman–Crippen LogP) is 5.69. The van der Waals surface area contributed by atoms with Crippen molar-refractivity contribution in [2.75, 3.05) is 11.9 Å². The van der Waals surface area contributed by atoms with Crippen molar-refractivity contribution in [2.45, 2.75) is 6.92 Å². The number of anilines is 1. The summed E-state index contributed by atoms with van der Waals surface area (Å²) in [5.41, 5.74) is 0.311. The molecule has 0 bridgehead atoms. The molecule has 0 unspecified atom stereocenters. The minimum Gasteiger partial charge on any atom is -0.494 e. The van der Waals surface area contributed by atoms with Gasteiger partial charge in [-0.25, -0.2) is 0 Å². The first-order valence-corrected chi connectivity index (χ1v) is 9.10. The number of nitro benzene ring substituents is 1. The molecular weight excluding hydrogens is 396 g/mol. The van der Waals surface area contributed by atoms with Crippen LogP contribution in [0.25, 0.3) is 0 Å². The molecule has 0 atom stereocenters. The summed E-state index contributed by atoms with van der Waals surface area (Å²) in [5.74, 6) is 1.45. The van der Waals surface area contributed by atoms with Crippen LogP contribution in [0.1, 0.15) is 17.3 Å². The number of hydrogen-bond donors (Lipinski definition) is 1. The Bertz CT molecular complexity index is 1020. The van der Waals surface area contributed by atoms with Crippen LogP contribution in [-0.2, 0) is 0 Å². The Balaban J connectivity index is 1.66. The Labute approximate surface area is 172 Å². The van der Waals surface area contributed by atoms with E-state index in [0.29, 0.717) is 23.8 Å². The van der Waals surface area contributed by atoms with Gasteiger partial charge in [0.25, 0.3) is 11.6 Å². The van der Waals surface area contributed by atoms with Crippen LogP contribution in [-0.4, -0.2) is 17.4 Å². The Hall–Kier alpha value is -3.58. The summed E-state index contributed by atoms with van der Waals surface area (Å²) >= 11 is 6.00. The van der Waals surface area contributed by atoms with Crippen LogP contribution in [0, 0.1) is 10.1 Å². The van der Waals surface area contributed by atoms with Crippen molar-refractivity contribution in [3.05, 3.63) is 87.4 Å². The fourth-order valence-corrected chi connectivity index (χ4v) is 2.72. The molecule has 3 aromatic carbocycles. The Morgan fingerprint density at radius 3 is 2.17 bits per heavy atom. The molecule has 0 saturated carbocycles. The smallest absolute Gasteiger partial charge is 0.270 e. The van der Waals surface area contributed by atoms with E-state index in [4.69, 9.17) is 21.1 Å². The maximum Gasteiger partial charge on any atom is 0.270 e. The molecular formula is C21H17ClN2O5. The van der Waals surface area contributed by atoms with Crippen LogP contribution in [0.3, 0.4) is 0 Å². The number of nitro groups is 1. The van der Waals surface area contributed by atoms with Crippen molar-refractivity contribution >= 4 is 28.9 Å². The summed E-state index contributed by atoms with van der Waals surface area (Å²) in [6, 6.07) is 17.6. The van der Waals surface area contributed by atoms with E-state index in [-0.39, 0.29) is 16.3 Å². The number of rotatable bonds is 7. The molecule has 0 aliphatic rings. The topological polar surface area (TPSA) is 90.7 Å². The highest BCUT2D eigenvalue weighted by molar-refractivity contribution is 6.34. The number of benzene rings is 3. The first kappa shape index (κ1) is 20.2. The minimum absolute atomic E-state index is 0.0237. The lowest BCUT2D eigenvalue weighted by molar-refractivity contribution is -0.384. The Kier molecular flexibility index (Phi) is 6.31. The maximum absolute atomic E-state index is 12.4. The van der Waals surface area contributed by atoms with Gasteiger partial charge in [-0.05, 0) is 61.5 Å². The van der Waals surface area contributed by atoms with Gasteiger partial charge in [0.1, 0.15) is 17.2 Å². The third-order valence-electron chi connectivity index (χ3n) is 3.89. The van der Waals surface area contributed by atoms with Gasteiger partial charge in [-0.3, -0.25) is 14.9 Å². The Morgan fingerprint density at radius 2 is 1.59 bits per heavy atom. The number of nitrogens with zero attached hydrogens (tertiary/aromatic N) is 1. The molecule has 0 fully saturated rings. The van der Waals surface area contributed by atoms with Crippen LogP contribution < -0.4 is 14.8 Å². The quantitative estimate of drug-likeness (QED) is 0.397. The van der Waals surface area contributed by atoms with Gasteiger partial charge < -0.3 is 14.8 Å². The standard InChI is InChI=1S/C21H17ClN2O5/c1-2-28-16-8-10-18(11-9-16)29-17-6-3-14(4-7-17)23-21(25)19-13-15(24(26)27)5-12-20(19)22/h3-13H,2H2,1H3,(H,23,25). The van der Waals surface area contributed by atoms with Gasteiger partial charge >= 0.3 is 0 Å². The highest BCUT2D eigenvalue weighted by Gasteiger charge is 2.16. The first-order valence-electron chi connectivity index (χ1n) is 8.72. The fraction of sp³-hybridized carbons (Fsp3) is 0.0952. The number of hydrogen-bond acceptors (Lipinski definition) is 5. The second-order valence-electron chi connectivity index (χ2n) is 5.91. The van der Waals surface area contributed by atoms with Gasteiger partial charge in [-0.15, -0.1) is 0 Å². The van der Waals surface area contributed by atoms with Gasteiger partial charge in [-0.2, -0.15) is 0 Å². The molecule has 0 aromatic heterocycles. The second-order valence-corrected chi connectivity index (χ2v) is 6.31. The number of nitrogens with one attached hydrogen (secondary N) is 1. The SMILES string of the molecule is CCOc1ccc(Oc2ccc(NC(=O)c3cc([N+](=O)[O-])ccc3Cl)cc2)cc1. The van der Waals surface area contributed by atoms with E-state index >= 15 is 0 Å². The summed E-state index contributed by atoms with van der Waals surface area (Å²) in [4.78, 5) is 22.7. The highest BCUT2D eigenvalue weighted by atomic mass is 35.5. The average molecular weight is 413 g/mol. The number of carbonyl (C=O) groups excluding carboxylic acids is 1. The van der Waals surface area contributed by atoms with E-state index in [0.717, 1.165) is 11.8 Å². The second kappa shape index (κ2) is 9.07. The van der Waals surface area contributed by atoms with E-state index in [1.165, 1.54) is 12.1 Å². The molecule has 7 nitrogen and oxygen atoms in total. The van der Waals surface area contributed by atoms with E-state index in [2.05, 4.69) is 5.32 Å². The minimum atomic E-state index is -0.583. The zero-order valence-corrected chi connectivity index (χ0v) is 16.2. The third-order valence-corrected chi connectivity index (χ3v) is 4.22. The monoisotopic (exact) mass is 412 g/mol. The Morgan fingerprint density at radius 1 is 1.00 bits per heavy atom. The predicted molar refractivity (Wildman–Crippen MR) is 110 cm³/mol. The van der Waals surface area contributed by atoms with Gasteiger partial charge in [-0.1, -0.05) is 11.6 Å². The molecule has 0 saturated heterocycles. The van der Waals surface area contributed by atoms with Crippen molar-refractivity contribution in [3.63, 3.8) is 0 Å². The summed E-state index contributed by atoms with van der Waals surface area (Å²) < 4.78 is 11.1. The normalized spacial score (nSPS) is 10.3. The van der Waals surface area contributed by atoms with Crippen LogP contribution >= 0.6 is 11.6 Å². The van der Waals surface area contributed by atoms with Gasteiger partial charge in [0.05, 0.1) is 22.1 Å². The van der Waals surface area contributed by atoms with E-state index in [1.807, 2.05) is 19.1 Å². The number of halogens is 1. The maximum atomic E-state index is 12.4. The summed E-state index contributed by atoms with van der Waals surface area (Å²) in [6.07, 6.45) is 0. The molecule has 1 amide bonds. The van der Waals surface area contributed by atoms with Crippen LogP contribution in [0.5, 0.6) is 17.2 Å². The van der Waals surface area contributed by atoms with Gasteiger partial charge in [0.2, 0.25) is 0 Å². The number of carbonyl (C=O) groups is 1.